The predicted octanol–water partition coefficient (Wildman–Crippen LogP) is 1.26. The number of carbonyl (C=O) groups excluding carboxylic acids is 2. The average molecular weight is 305 g/mol. The smallest absolute Gasteiger partial charge is 0.307 e. The number of hydrogen-bond donors (Lipinski definition) is 2. The van der Waals surface area contributed by atoms with Crippen molar-refractivity contribution >= 4 is 24.3 Å². The van der Waals surface area contributed by atoms with Crippen molar-refractivity contribution in [3.8, 4) is 0 Å². The van der Waals surface area contributed by atoms with Crippen LogP contribution in [0.4, 0.5) is 0 Å². The maximum absolute atomic E-state index is 12.4. The molecule has 1 aliphatic carbocycles. The Morgan fingerprint density at radius 3 is 2.95 bits per heavy atom. The number of nitrogens with one attached hydrogen (secondary N) is 2. The number of amides is 1. The van der Waals surface area contributed by atoms with E-state index in [1.165, 1.54) is 6.42 Å². The second kappa shape index (κ2) is 7.84. The highest BCUT2D eigenvalue weighted by atomic mass is 35.5. The molecule has 2 aliphatic rings. The van der Waals surface area contributed by atoms with Gasteiger partial charge in [-0.25, -0.2) is 0 Å². The van der Waals surface area contributed by atoms with Crippen LogP contribution in [0.25, 0.3) is 0 Å². The minimum absolute atomic E-state index is 0. The van der Waals surface area contributed by atoms with Crippen LogP contribution in [-0.4, -0.2) is 38.1 Å². The zero-order valence-corrected chi connectivity index (χ0v) is 12.9. The summed E-state index contributed by atoms with van der Waals surface area (Å²) in [5.74, 6) is 0.334. The Labute approximate surface area is 126 Å². The first kappa shape index (κ1) is 17.2. The van der Waals surface area contributed by atoms with Crippen molar-refractivity contribution in [3.63, 3.8) is 0 Å². The molecule has 0 aromatic rings. The SMILES string of the molecule is CCOC(=O)CCNC(=O)[C@@]12CCCC[C@H]1CNC2.Cl. The highest BCUT2D eigenvalue weighted by molar-refractivity contribution is 5.85. The number of ether oxygens (including phenoxy) is 1. The van der Waals surface area contributed by atoms with Crippen LogP contribution < -0.4 is 10.6 Å². The number of carbonyl (C=O) groups is 2. The lowest BCUT2D eigenvalue weighted by Crippen LogP contribution is -2.48. The van der Waals surface area contributed by atoms with Crippen LogP contribution in [0.15, 0.2) is 0 Å². The Morgan fingerprint density at radius 2 is 2.20 bits per heavy atom. The van der Waals surface area contributed by atoms with Gasteiger partial charge < -0.3 is 15.4 Å². The van der Waals surface area contributed by atoms with Gasteiger partial charge in [0.25, 0.3) is 0 Å². The van der Waals surface area contributed by atoms with Gasteiger partial charge in [0.05, 0.1) is 18.4 Å². The molecule has 0 unspecified atom stereocenters. The standard InChI is InChI=1S/C14H24N2O3.ClH/c1-2-19-12(17)6-8-16-13(18)14-7-4-3-5-11(14)9-15-10-14;/h11,15H,2-10H2,1H3,(H,16,18);1H/t11-,14+;/m0./s1. The van der Waals surface area contributed by atoms with E-state index in [4.69, 9.17) is 4.74 Å². The van der Waals surface area contributed by atoms with Crippen LogP contribution in [0.1, 0.15) is 39.0 Å². The minimum atomic E-state index is -0.245. The summed E-state index contributed by atoms with van der Waals surface area (Å²) >= 11 is 0. The number of rotatable bonds is 5. The molecule has 2 N–H and O–H groups in total. The third kappa shape index (κ3) is 3.64. The molecule has 6 heteroatoms. The van der Waals surface area contributed by atoms with E-state index >= 15 is 0 Å². The van der Waals surface area contributed by atoms with E-state index in [1.54, 1.807) is 6.92 Å². The normalized spacial score (nSPS) is 28.1. The Morgan fingerprint density at radius 1 is 1.40 bits per heavy atom. The molecule has 2 rings (SSSR count). The molecule has 1 saturated carbocycles. The van der Waals surface area contributed by atoms with Crippen LogP contribution in [-0.2, 0) is 14.3 Å². The van der Waals surface area contributed by atoms with Gasteiger partial charge in [0.2, 0.25) is 5.91 Å². The van der Waals surface area contributed by atoms with Crippen molar-refractivity contribution in [2.75, 3.05) is 26.2 Å². The first-order valence-corrected chi connectivity index (χ1v) is 7.33. The van der Waals surface area contributed by atoms with Gasteiger partial charge in [-0.15, -0.1) is 12.4 Å². The van der Waals surface area contributed by atoms with Gasteiger partial charge in [0.15, 0.2) is 0 Å². The Hall–Kier alpha value is -0.810. The molecule has 1 amide bonds. The fraction of sp³-hybridized carbons (Fsp3) is 0.857. The van der Waals surface area contributed by atoms with E-state index in [0.717, 1.165) is 32.4 Å². The van der Waals surface area contributed by atoms with E-state index in [1.807, 2.05) is 0 Å². The van der Waals surface area contributed by atoms with Crippen molar-refractivity contribution < 1.29 is 14.3 Å². The highest BCUT2D eigenvalue weighted by Gasteiger charge is 2.49. The summed E-state index contributed by atoms with van der Waals surface area (Å²) in [4.78, 5) is 23.7. The number of fused-ring (bicyclic) bond motifs is 1. The quantitative estimate of drug-likeness (QED) is 0.750. The van der Waals surface area contributed by atoms with Gasteiger partial charge >= 0.3 is 5.97 Å². The third-order valence-corrected chi connectivity index (χ3v) is 4.41. The molecule has 0 bridgehead atoms. The van der Waals surface area contributed by atoms with Crippen molar-refractivity contribution in [3.05, 3.63) is 0 Å². The molecule has 2 atom stereocenters. The molecule has 5 nitrogen and oxygen atoms in total. The summed E-state index contributed by atoms with van der Waals surface area (Å²) in [6, 6.07) is 0. The fourth-order valence-electron chi connectivity index (χ4n) is 3.38. The van der Waals surface area contributed by atoms with Gasteiger partial charge in [0.1, 0.15) is 0 Å². The van der Waals surface area contributed by atoms with E-state index in [-0.39, 0.29) is 36.1 Å². The van der Waals surface area contributed by atoms with E-state index in [2.05, 4.69) is 10.6 Å². The maximum Gasteiger partial charge on any atom is 0.307 e. The maximum atomic E-state index is 12.4. The highest BCUT2D eigenvalue weighted by Crippen LogP contribution is 2.43. The molecular weight excluding hydrogens is 280 g/mol. The summed E-state index contributed by atoms with van der Waals surface area (Å²) in [6.45, 7) is 4.29. The van der Waals surface area contributed by atoms with Crippen LogP contribution in [0.2, 0.25) is 0 Å². The van der Waals surface area contributed by atoms with Gasteiger partial charge in [-0.3, -0.25) is 9.59 Å². The third-order valence-electron chi connectivity index (χ3n) is 4.41. The van der Waals surface area contributed by atoms with Crippen molar-refractivity contribution in [1.82, 2.24) is 10.6 Å². The van der Waals surface area contributed by atoms with Crippen LogP contribution in [0.3, 0.4) is 0 Å². The van der Waals surface area contributed by atoms with Crippen LogP contribution in [0.5, 0.6) is 0 Å². The van der Waals surface area contributed by atoms with E-state index < -0.39 is 0 Å². The first-order chi connectivity index (χ1) is 9.19. The lowest BCUT2D eigenvalue weighted by atomic mass is 9.67. The van der Waals surface area contributed by atoms with Crippen LogP contribution >= 0.6 is 12.4 Å². The number of halogens is 1. The van der Waals surface area contributed by atoms with Crippen LogP contribution in [0, 0.1) is 11.3 Å². The largest absolute Gasteiger partial charge is 0.466 e. The fourth-order valence-corrected chi connectivity index (χ4v) is 3.38. The molecule has 0 radical (unpaired) electrons. The average Bonchev–Trinajstić information content (AvgIpc) is 2.84. The number of hydrogen-bond acceptors (Lipinski definition) is 4. The Kier molecular flexibility index (Phi) is 6.76. The summed E-state index contributed by atoms with van der Waals surface area (Å²) in [5, 5.41) is 6.28. The topological polar surface area (TPSA) is 67.4 Å². The molecule has 0 aromatic carbocycles. The van der Waals surface area contributed by atoms with Gasteiger partial charge in [-0.1, -0.05) is 12.8 Å². The van der Waals surface area contributed by atoms with Gasteiger partial charge in [-0.2, -0.15) is 0 Å². The van der Waals surface area contributed by atoms with Crippen molar-refractivity contribution in [2.24, 2.45) is 11.3 Å². The molecule has 1 aliphatic heterocycles. The molecule has 0 aromatic heterocycles. The summed E-state index contributed by atoms with van der Waals surface area (Å²) < 4.78 is 4.85. The molecule has 0 spiro atoms. The minimum Gasteiger partial charge on any atom is -0.466 e. The van der Waals surface area contributed by atoms with Crippen molar-refractivity contribution in [1.29, 1.82) is 0 Å². The van der Waals surface area contributed by atoms with Gasteiger partial charge in [-0.05, 0) is 32.2 Å². The summed E-state index contributed by atoms with van der Waals surface area (Å²) in [7, 11) is 0. The Bertz CT molecular complexity index is 351. The number of esters is 1. The molecule has 2 fully saturated rings. The summed E-state index contributed by atoms with van der Waals surface area (Å²) in [6.07, 6.45) is 4.72. The Balaban J connectivity index is 0.00000200. The molecule has 116 valence electrons. The van der Waals surface area contributed by atoms with E-state index in [0.29, 0.717) is 19.1 Å². The first-order valence-electron chi connectivity index (χ1n) is 7.33. The zero-order chi connectivity index (χ0) is 13.7. The van der Waals surface area contributed by atoms with Gasteiger partial charge in [0, 0.05) is 13.1 Å². The van der Waals surface area contributed by atoms with Crippen molar-refractivity contribution in [2.45, 2.75) is 39.0 Å². The molecular formula is C14H25ClN2O3. The second-order valence-corrected chi connectivity index (χ2v) is 5.54. The monoisotopic (exact) mass is 304 g/mol. The van der Waals surface area contributed by atoms with E-state index in [9.17, 15) is 9.59 Å². The summed E-state index contributed by atoms with van der Waals surface area (Å²) in [5.41, 5.74) is -0.229. The second-order valence-electron chi connectivity index (χ2n) is 5.54. The molecule has 20 heavy (non-hydrogen) atoms. The lowest BCUT2D eigenvalue weighted by Gasteiger charge is -2.37. The zero-order valence-electron chi connectivity index (χ0n) is 12.1. The lowest BCUT2D eigenvalue weighted by molar-refractivity contribution is -0.143. The molecule has 1 saturated heterocycles. The molecule has 1 heterocycles. The predicted molar refractivity (Wildman–Crippen MR) is 78.8 cm³/mol.